The third-order valence-electron chi connectivity index (χ3n) is 4.54. The number of primary amides is 1. The van der Waals surface area contributed by atoms with E-state index in [0.717, 1.165) is 0 Å². The van der Waals surface area contributed by atoms with Gasteiger partial charge in [-0.15, -0.1) is 0 Å². The maximum absolute atomic E-state index is 12.1. The number of piperidine rings is 1. The molecule has 1 aliphatic rings. The van der Waals surface area contributed by atoms with Crippen LogP contribution in [0.25, 0.3) is 0 Å². The molecular formula is C20H28N2O6. The predicted octanol–water partition coefficient (Wildman–Crippen LogP) is 1.51. The Hall–Kier alpha value is -2.77. The summed E-state index contributed by atoms with van der Waals surface area (Å²) in [4.78, 5) is 36.6. The molecule has 0 spiro atoms. The Balaban J connectivity index is 1.61. The summed E-state index contributed by atoms with van der Waals surface area (Å²) < 4.78 is 16.2. The highest BCUT2D eigenvalue weighted by Gasteiger charge is 2.26. The van der Waals surface area contributed by atoms with Crippen LogP contribution >= 0.6 is 0 Å². The Morgan fingerprint density at radius 3 is 2.36 bits per heavy atom. The third kappa shape index (κ3) is 6.75. The molecule has 2 rings (SSSR count). The zero-order chi connectivity index (χ0) is 20.4. The van der Waals surface area contributed by atoms with Crippen molar-refractivity contribution in [1.29, 1.82) is 0 Å². The summed E-state index contributed by atoms with van der Waals surface area (Å²) in [7, 11) is 0. The highest BCUT2D eigenvalue weighted by Crippen LogP contribution is 2.26. The molecule has 0 aliphatic carbocycles. The number of esters is 1. The zero-order valence-electron chi connectivity index (χ0n) is 16.2. The van der Waals surface area contributed by atoms with Gasteiger partial charge in [-0.25, -0.2) is 0 Å². The van der Waals surface area contributed by atoms with Crippen LogP contribution in [0.2, 0.25) is 0 Å². The summed E-state index contributed by atoms with van der Waals surface area (Å²) in [5.41, 5.74) is 5.28. The number of para-hydroxylation sites is 2. The number of hydrogen-bond donors (Lipinski definition) is 1. The maximum atomic E-state index is 12.1. The van der Waals surface area contributed by atoms with Crippen molar-refractivity contribution in [3.05, 3.63) is 24.3 Å². The second kappa shape index (κ2) is 11.2. The van der Waals surface area contributed by atoms with Crippen molar-refractivity contribution in [3.8, 4) is 11.5 Å². The fourth-order valence-electron chi connectivity index (χ4n) is 2.96. The van der Waals surface area contributed by atoms with Crippen LogP contribution in [0.15, 0.2) is 24.3 Å². The molecule has 1 fully saturated rings. The van der Waals surface area contributed by atoms with E-state index in [1.807, 2.05) is 31.2 Å². The average molecular weight is 392 g/mol. The minimum atomic E-state index is -0.443. The molecule has 0 aromatic heterocycles. The smallest absolute Gasteiger partial charge is 0.306 e. The first-order valence-electron chi connectivity index (χ1n) is 9.58. The van der Waals surface area contributed by atoms with E-state index in [0.29, 0.717) is 57.1 Å². The van der Waals surface area contributed by atoms with Gasteiger partial charge in [-0.2, -0.15) is 0 Å². The molecule has 8 nitrogen and oxygen atoms in total. The molecule has 2 N–H and O–H groups in total. The Morgan fingerprint density at radius 2 is 1.75 bits per heavy atom. The number of rotatable bonds is 10. The monoisotopic (exact) mass is 392 g/mol. The molecule has 1 aliphatic heterocycles. The molecule has 154 valence electrons. The van der Waals surface area contributed by atoms with Gasteiger partial charge in [0.25, 0.3) is 5.91 Å². The van der Waals surface area contributed by atoms with Gasteiger partial charge in [0.2, 0.25) is 5.91 Å². The van der Waals surface area contributed by atoms with E-state index in [1.54, 1.807) is 4.90 Å². The number of carbonyl (C=O) groups excluding carboxylic acids is 3. The molecule has 28 heavy (non-hydrogen) atoms. The van der Waals surface area contributed by atoms with Gasteiger partial charge in [0.05, 0.1) is 13.2 Å². The largest absolute Gasteiger partial charge is 0.490 e. The van der Waals surface area contributed by atoms with Gasteiger partial charge >= 0.3 is 5.97 Å². The Kier molecular flexibility index (Phi) is 8.58. The lowest BCUT2D eigenvalue weighted by Gasteiger charge is -2.30. The van der Waals surface area contributed by atoms with E-state index >= 15 is 0 Å². The van der Waals surface area contributed by atoms with Crippen molar-refractivity contribution in [2.24, 2.45) is 11.7 Å². The SMILES string of the molecule is CCOc1ccccc1OCCCC(=O)OCC(=O)N1CCC(C(N)=O)CC1. The summed E-state index contributed by atoms with van der Waals surface area (Å²) in [6.45, 7) is 3.41. The summed E-state index contributed by atoms with van der Waals surface area (Å²) in [6.07, 6.45) is 1.73. The number of amides is 2. The van der Waals surface area contributed by atoms with Gasteiger partial charge in [0.1, 0.15) is 0 Å². The maximum Gasteiger partial charge on any atom is 0.306 e. The lowest BCUT2D eigenvalue weighted by atomic mass is 9.96. The van der Waals surface area contributed by atoms with Crippen LogP contribution in [-0.2, 0) is 19.1 Å². The number of hydrogen-bond acceptors (Lipinski definition) is 6. The molecule has 0 atom stereocenters. The van der Waals surface area contributed by atoms with E-state index in [-0.39, 0.29) is 30.8 Å². The normalized spacial score (nSPS) is 14.4. The minimum absolute atomic E-state index is 0.161. The van der Waals surface area contributed by atoms with Crippen LogP contribution in [-0.4, -0.2) is 55.6 Å². The summed E-state index contributed by atoms with van der Waals surface area (Å²) in [5.74, 6) is 0.0925. The molecular weight excluding hydrogens is 364 g/mol. The van der Waals surface area contributed by atoms with Crippen LogP contribution in [0.5, 0.6) is 11.5 Å². The number of nitrogens with two attached hydrogens (primary N) is 1. The molecule has 1 aromatic rings. The fourth-order valence-corrected chi connectivity index (χ4v) is 2.96. The zero-order valence-corrected chi connectivity index (χ0v) is 16.2. The molecule has 0 bridgehead atoms. The summed E-state index contributed by atoms with van der Waals surface area (Å²) in [6, 6.07) is 7.35. The van der Waals surface area contributed by atoms with Crippen molar-refractivity contribution < 1.29 is 28.6 Å². The molecule has 0 saturated carbocycles. The van der Waals surface area contributed by atoms with E-state index < -0.39 is 5.97 Å². The van der Waals surface area contributed by atoms with Crippen molar-refractivity contribution in [2.75, 3.05) is 32.9 Å². The standard InChI is InChI=1S/C20H28N2O6/c1-2-26-16-6-3-4-7-17(16)27-13-5-8-19(24)28-14-18(23)22-11-9-15(10-12-22)20(21)25/h3-4,6-7,15H,2,5,8-14H2,1H3,(H2,21,25). The number of nitrogens with zero attached hydrogens (tertiary/aromatic N) is 1. The molecule has 0 radical (unpaired) electrons. The predicted molar refractivity (Wildman–Crippen MR) is 102 cm³/mol. The van der Waals surface area contributed by atoms with Crippen LogP contribution in [0.4, 0.5) is 0 Å². The van der Waals surface area contributed by atoms with Gasteiger partial charge in [0, 0.05) is 25.4 Å². The average Bonchev–Trinajstić information content (AvgIpc) is 2.70. The Labute approximate surface area is 164 Å². The lowest BCUT2D eigenvalue weighted by Crippen LogP contribution is -2.43. The quantitative estimate of drug-likeness (QED) is 0.478. The molecule has 0 unspecified atom stereocenters. The van der Waals surface area contributed by atoms with Gasteiger partial charge in [-0.3, -0.25) is 14.4 Å². The van der Waals surface area contributed by atoms with Gasteiger partial charge in [-0.1, -0.05) is 12.1 Å². The second-order valence-corrected chi connectivity index (χ2v) is 6.55. The summed E-state index contributed by atoms with van der Waals surface area (Å²) >= 11 is 0. The topological polar surface area (TPSA) is 108 Å². The van der Waals surface area contributed by atoms with Crippen LogP contribution in [0.3, 0.4) is 0 Å². The highest BCUT2D eigenvalue weighted by atomic mass is 16.5. The highest BCUT2D eigenvalue weighted by molar-refractivity contribution is 5.81. The van der Waals surface area contributed by atoms with E-state index in [9.17, 15) is 14.4 Å². The van der Waals surface area contributed by atoms with Gasteiger partial charge < -0.3 is 24.8 Å². The van der Waals surface area contributed by atoms with Crippen molar-refractivity contribution in [3.63, 3.8) is 0 Å². The van der Waals surface area contributed by atoms with Gasteiger partial charge in [0.15, 0.2) is 18.1 Å². The second-order valence-electron chi connectivity index (χ2n) is 6.55. The van der Waals surface area contributed by atoms with Crippen molar-refractivity contribution in [2.45, 2.75) is 32.6 Å². The summed E-state index contributed by atoms with van der Waals surface area (Å²) in [5, 5.41) is 0. The van der Waals surface area contributed by atoms with Crippen LogP contribution in [0, 0.1) is 5.92 Å². The van der Waals surface area contributed by atoms with E-state index in [1.165, 1.54) is 0 Å². The van der Waals surface area contributed by atoms with Crippen LogP contribution < -0.4 is 15.2 Å². The van der Waals surface area contributed by atoms with Crippen LogP contribution in [0.1, 0.15) is 32.6 Å². The molecule has 1 heterocycles. The number of ether oxygens (including phenoxy) is 3. The molecule has 1 saturated heterocycles. The van der Waals surface area contributed by atoms with Gasteiger partial charge in [-0.05, 0) is 38.3 Å². The number of likely N-dealkylation sites (tertiary alicyclic amines) is 1. The van der Waals surface area contributed by atoms with Crippen molar-refractivity contribution >= 4 is 17.8 Å². The minimum Gasteiger partial charge on any atom is -0.490 e. The fraction of sp³-hybridized carbons (Fsp3) is 0.550. The Bertz CT molecular complexity index is 670. The Morgan fingerprint density at radius 1 is 1.11 bits per heavy atom. The molecule has 2 amide bonds. The third-order valence-corrected chi connectivity index (χ3v) is 4.54. The van der Waals surface area contributed by atoms with Crippen molar-refractivity contribution in [1.82, 2.24) is 4.90 Å². The van der Waals surface area contributed by atoms with E-state index in [4.69, 9.17) is 19.9 Å². The first-order chi connectivity index (χ1) is 13.5. The number of carbonyl (C=O) groups is 3. The number of benzene rings is 1. The first kappa shape index (κ1) is 21.5. The lowest BCUT2D eigenvalue weighted by molar-refractivity contribution is -0.152. The molecule has 8 heteroatoms. The first-order valence-corrected chi connectivity index (χ1v) is 9.58. The molecule has 1 aromatic carbocycles. The van der Waals surface area contributed by atoms with E-state index in [2.05, 4.69) is 0 Å².